The van der Waals surface area contributed by atoms with Crippen LogP contribution >= 0.6 is 0 Å². The predicted octanol–water partition coefficient (Wildman–Crippen LogP) is 1.53. The van der Waals surface area contributed by atoms with Crippen molar-refractivity contribution in [3.05, 3.63) is 30.3 Å². The molecule has 102 valence electrons. The first-order chi connectivity index (χ1) is 8.76. The van der Waals surface area contributed by atoms with Gasteiger partial charge >= 0.3 is 35.7 Å². The van der Waals surface area contributed by atoms with Gasteiger partial charge in [0, 0.05) is 0 Å². The molecule has 1 unspecified atom stereocenters. The van der Waals surface area contributed by atoms with Gasteiger partial charge < -0.3 is 10.9 Å². The van der Waals surface area contributed by atoms with Crippen LogP contribution in [0.2, 0.25) is 0 Å². The SMILES string of the molecule is CCCCC(CC)COC(=O)Oc1ccccc1.[H-].[Na+]. The fraction of sp³-hybridized carbons (Fsp3) is 0.533. The second-order valence-electron chi connectivity index (χ2n) is 4.39. The largest absolute Gasteiger partial charge is 1.00 e. The van der Waals surface area contributed by atoms with Gasteiger partial charge in [-0.15, -0.1) is 0 Å². The summed E-state index contributed by atoms with van der Waals surface area (Å²) in [6, 6.07) is 8.97. The van der Waals surface area contributed by atoms with Gasteiger partial charge in [-0.05, 0) is 24.5 Å². The van der Waals surface area contributed by atoms with E-state index in [4.69, 9.17) is 9.47 Å². The van der Waals surface area contributed by atoms with Crippen molar-refractivity contribution in [3.63, 3.8) is 0 Å². The second-order valence-corrected chi connectivity index (χ2v) is 4.39. The van der Waals surface area contributed by atoms with Gasteiger partial charge in [0.1, 0.15) is 5.75 Å². The number of carbonyl (C=O) groups is 1. The molecule has 19 heavy (non-hydrogen) atoms. The van der Waals surface area contributed by atoms with Gasteiger partial charge in [-0.1, -0.05) is 51.3 Å². The molecule has 0 saturated heterocycles. The average molecular weight is 274 g/mol. The second kappa shape index (κ2) is 11.3. The maximum atomic E-state index is 11.5. The summed E-state index contributed by atoms with van der Waals surface area (Å²) >= 11 is 0. The van der Waals surface area contributed by atoms with Crippen LogP contribution < -0.4 is 34.3 Å². The molecule has 0 aliphatic carbocycles. The molecule has 0 fully saturated rings. The van der Waals surface area contributed by atoms with Gasteiger partial charge in [0.15, 0.2) is 0 Å². The van der Waals surface area contributed by atoms with Crippen LogP contribution in [-0.2, 0) is 4.74 Å². The Morgan fingerprint density at radius 3 is 2.53 bits per heavy atom. The molecule has 1 rings (SSSR count). The molecule has 0 radical (unpaired) electrons. The molecule has 0 saturated carbocycles. The third kappa shape index (κ3) is 8.30. The molecule has 0 aromatic heterocycles. The van der Waals surface area contributed by atoms with Crippen molar-refractivity contribution in [2.24, 2.45) is 5.92 Å². The zero-order valence-corrected chi connectivity index (χ0v) is 14.2. The van der Waals surface area contributed by atoms with Crippen LogP contribution in [0.1, 0.15) is 41.0 Å². The van der Waals surface area contributed by atoms with Gasteiger partial charge in [-0.2, -0.15) is 0 Å². The maximum Gasteiger partial charge on any atom is 1.00 e. The predicted molar refractivity (Wildman–Crippen MR) is 72.8 cm³/mol. The first kappa shape index (κ1) is 18.5. The van der Waals surface area contributed by atoms with Crippen LogP contribution in [0.4, 0.5) is 4.79 Å². The van der Waals surface area contributed by atoms with E-state index >= 15 is 0 Å². The summed E-state index contributed by atoms with van der Waals surface area (Å²) in [5.41, 5.74) is 0. The molecule has 1 aromatic carbocycles. The molecule has 0 aliphatic heterocycles. The quantitative estimate of drug-likeness (QED) is 0.430. The Bertz CT molecular complexity index is 346. The molecular formula is C15H23NaO3. The maximum absolute atomic E-state index is 11.5. The number of hydrogen-bond donors (Lipinski definition) is 0. The number of hydrogen-bond acceptors (Lipinski definition) is 3. The van der Waals surface area contributed by atoms with E-state index in [-0.39, 0.29) is 31.0 Å². The first-order valence-corrected chi connectivity index (χ1v) is 6.65. The van der Waals surface area contributed by atoms with E-state index < -0.39 is 6.16 Å². The van der Waals surface area contributed by atoms with Crippen LogP contribution in [-0.4, -0.2) is 12.8 Å². The van der Waals surface area contributed by atoms with Gasteiger partial charge in [0.25, 0.3) is 0 Å². The topological polar surface area (TPSA) is 35.5 Å². The van der Waals surface area contributed by atoms with Crippen molar-refractivity contribution in [3.8, 4) is 5.75 Å². The molecule has 1 aromatic rings. The van der Waals surface area contributed by atoms with Crippen LogP contribution in [0.25, 0.3) is 0 Å². The Hall–Kier alpha value is -0.510. The van der Waals surface area contributed by atoms with Crippen LogP contribution in [0.5, 0.6) is 5.75 Å². The van der Waals surface area contributed by atoms with E-state index in [0.29, 0.717) is 18.3 Å². The summed E-state index contributed by atoms with van der Waals surface area (Å²) in [5, 5.41) is 0. The van der Waals surface area contributed by atoms with E-state index in [9.17, 15) is 4.79 Å². The number of carbonyl (C=O) groups excluding carboxylic acids is 1. The summed E-state index contributed by atoms with van der Waals surface area (Å²) in [7, 11) is 0. The third-order valence-corrected chi connectivity index (χ3v) is 2.92. The van der Waals surface area contributed by atoms with Crippen LogP contribution in [0, 0.1) is 5.92 Å². The van der Waals surface area contributed by atoms with Crippen molar-refractivity contribution in [1.29, 1.82) is 0 Å². The number of rotatable bonds is 7. The van der Waals surface area contributed by atoms with Crippen molar-refractivity contribution in [2.75, 3.05) is 6.61 Å². The summed E-state index contributed by atoms with van der Waals surface area (Å²) in [5.74, 6) is 0.956. The Labute approximate surface area is 139 Å². The van der Waals surface area contributed by atoms with E-state index in [1.807, 2.05) is 18.2 Å². The van der Waals surface area contributed by atoms with Crippen molar-refractivity contribution < 1.29 is 45.3 Å². The number of para-hydroxylation sites is 1. The van der Waals surface area contributed by atoms with Gasteiger partial charge in [0.05, 0.1) is 6.61 Å². The van der Waals surface area contributed by atoms with Crippen LogP contribution in [0.15, 0.2) is 30.3 Å². The Morgan fingerprint density at radius 1 is 1.26 bits per heavy atom. The molecular weight excluding hydrogens is 251 g/mol. The molecule has 0 bridgehead atoms. The Kier molecular flexibility index (Phi) is 11.0. The Morgan fingerprint density at radius 2 is 1.95 bits per heavy atom. The van der Waals surface area contributed by atoms with E-state index in [1.165, 1.54) is 12.8 Å². The molecule has 1 atom stereocenters. The van der Waals surface area contributed by atoms with Gasteiger partial charge in [0.2, 0.25) is 0 Å². The van der Waals surface area contributed by atoms with Crippen LogP contribution in [0.3, 0.4) is 0 Å². The molecule has 0 spiro atoms. The molecule has 0 amide bonds. The first-order valence-electron chi connectivity index (χ1n) is 6.65. The molecule has 4 heteroatoms. The zero-order valence-electron chi connectivity index (χ0n) is 13.2. The third-order valence-electron chi connectivity index (χ3n) is 2.92. The van der Waals surface area contributed by atoms with Gasteiger partial charge in [-0.3, -0.25) is 0 Å². The minimum atomic E-state index is -0.615. The van der Waals surface area contributed by atoms with E-state index in [0.717, 1.165) is 12.8 Å². The number of unbranched alkanes of at least 4 members (excludes halogenated alkanes) is 1. The number of benzene rings is 1. The standard InChI is InChI=1S/C15H22O3.Na.H/c1-3-5-9-13(4-2)12-17-15(16)18-14-10-7-6-8-11-14;;/h6-8,10-11,13H,3-5,9,12H2,1-2H3;;/q;+1;-1. The Balaban J connectivity index is 0. The van der Waals surface area contributed by atoms with Gasteiger partial charge in [-0.25, -0.2) is 4.79 Å². The fourth-order valence-corrected chi connectivity index (χ4v) is 1.70. The molecule has 0 aliphatic rings. The zero-order chi connectivity index (χ0) is 13.2. The van der Waals surface area contributed by atoms with E-state index in [1.54, 1.807) is 12.1 Å². The normalized spacial score (nSPS) is 11.3. The summed E-state index contributed by atoms with van der Waals surface area (Å²) < 4.78 is 10.2. The fourth-order valence-electron chi connectivity index (χ4n) is 1.70. The molecule has 0 heterocycles. The molecule has 0 N–H and O–H groups in total. The van der Waals surface area contributed by atoms with E-state index in [2.05, 4.69) is 13.8 Å². The number of ether oxygens (including phenoxy) is 2. The monoisotopic (exact) mass is 274 g/mol. The minimum absolute atomic E-state index is 0. The summed E-state index contributed by atoms with van der Waals surface area (Å²) in [6.07, 6.45) is 3.86. The minimum Gasteiger partial charge on any atom is -1.00 e. The average Bonchev–Trinajstić information content (AvgIpc) is 2.40. The summed E-state index contributed by atoms with van der Waals surface area (Å²) in [4.78, 5) is 11.5. The van der Waals surface area contributed by atoms with Crippen molar-refractivity contribution in [2.45, 2.75) is 39.5 Å². The van der Waals surface area contributed by atoms with Crippen molar-refractivity contribution >= 4 is 6.16 Å². The van der Waals surface area contributed by atoms with Crippen molar-refractivity contribution in [1.82, 2.24) is 0 Å². The summed E-state index contributed by atoms with van der Waals surface area (Å²) in [6.45, 7) is 4.73. The molecule has 3 nitrogen and oxygen atoms in total. The smallest absolute Gasteiger partial charge is 1.00 e.